The summed E-state index contributed by atoms with van der Waals surface area (Å²) in [5.74, 6) is -1.39. The van der Waals surface area contributed by atoms with E-state index in [0.717, 1.165) is 24.8 Å². The van der Waals surface area contributed by atoms with Crippen LogP contribution in [0.5, 0.6) is 5.75 Å². The Morgan fingerprint density at radius 3 is 2.04 bits per heavy atom. The van der Waals surface area contributed by atoms with Gasteiger partial charge >= 0.3 is 6.11 Å². The Bertz CT molecular complexity index is 612. The fourth-order valence-electron chi connectivity index (χ4n) is 4.88. The molecule has 0 heterocycles. The van der Waals surface area contributed by atoms with Crippen LogP contribution in [0.1, 0.15) is 64.7 Å². The maximum atomic E-state index is 14.6. The molecular formula is C21H29F4OP. The lowest BCUT2D eigenvalue weighted by atomic mass is 9.69. The number of hydrogen-bond acceptors (Lipinski definition) is 1. The van der Waals surface area contributed by atoms with E-state index in [0.29, 0.717) is 30.7 Å². The van der Waals surface area contributed by atoms with Crippen LogP contribution in [-0.2, 0) is 0 Å². The van der Waals surface area contributed by atoms with Gasteiger partial charge in [-0.25, -0.2) is 8.78 Å². The first-order valence-corrected chi connectivity index (χ1v) is 10.7. The highest BCUT2D eigenvalue weighted by Gasteiger charge is 2.45. The van der Waals surface area contributed by atoms with Gasteiger partial charge in [-0.15, -0.1) is 9.24 Å². The molecule has 3 rings (SSSR count). The number of halogens is 4. The zero-order valence-electron chi connectivity index (χ0n) is 15.8. The molecule has 152 valence electrons. The summed E-state index contributed by atoms with van der Waals surface area (Å²) in [6.07, 6.45) is 5.32. The van der Waals surface area contributed by atoms with Crippen molar-refractivity contribution in [1.82, 2.24) is 0 Å². The maximum Gasteiger partial charge on any atom is 0.400 e. The van der Waals surface area contributed by atoms with E-state index in [1.54, 1.807) is 0 Å². The van der Waals surface area contributed by atoms with Crippen molar-refractivity contribution in [2.45, 2.75) is 70.8 Å². The van der Waals surface area contributed by atoms with Crippen molar-refractivity contribution in [3.8, 4) is 5.75 Å². The average Bonchev–Trinajstić information content (AvgIpc) is 2.66. The van der Waals surface area contributed by atoms with E-state index in [-0.39, 0.29) is 11.1 Å². The van der Waals surface area contributed by atoms with Gasteiger partial charge in [0.25, 0.3) is 0 Å². The van der Waals surface area contributed by atoms with Gasteiger partial charge in [0.15, 0.2) is 11.6 Å². The molecule has 0 spiro atoms. The van der Waals surface area contributed by atoms with E-state index in [2.05, 4.69) is 6.92 Å². The molecule has 6 heteroatoms. The molecule has 2 aliphatic rings. The fraction of sp³-hybridized carbons (Fsp3) is 0.714. The molecule has 0 amide bonds. The van der Waals surface area contributed by atoms with Crippen LogP contribution in [0.2, 0.25) is 0 Å². The molecule has 1 aromatic rings. The van der Waals surface area contributed by atoms with Crippen LogP contribution in [0, 0.1) is 35.3 Å². The minimum Gasteiger partial charge on any atom is -0.432 e. The van der Waals surface area contributed by atoms with E-state index in [1.165, 1.54) is 32.1 Å². The zero-order valence-corrected chi connectivity index (χ0v) is 17.0. The minimum atomic E-state index is -3.37. The number of ether oxygens (including phenoxy) is 1. The fourth-order valence-corrected chi connectivity index (χ4v) is 5.18. The monoisotopic (exact) mass is 404 g/mol. The summed E-state index contributed by atoms with van der Waals surface area (Å²) in [6, 6.07) is 1.78. The first kappa shape index (κ1) is 20.9. The second-order valence-corrected chi connectivity index (χ2v) is 8.89. The van der Waals surface area contributed by atoms with Crippen molar-refractivity contribution in [3.63, 3.8) is 0 Å². The van der Waals surface area contributed by atoms with E-state index in [1.807, 2.05) is 9.24 Å². The molecule has 0 bridgehead atoms. The van der Waals surface area contributed by atoms with Gasteiger partial charge in [-0.2, -0.15) is 8.78 Å². The van der Waals surface area contributed by atoms with Crippen LogP contribution in [0.4, 0.5) is 17.6 Å². The summed E-state index contributed by atoms with van der Waals surface area (Å²) in [7, 11) is 2.00. The average molecular weight is 404 g/mol. The first-order valence-electron chi connectivity index (χ1n) is 10.1. The molecule has 2 fully saturated rings. The molecule has 0 N–H and O–H groups in total. The van der Waals surface area contributed by atoms with E-state index >= 15 is 0 Å². The molecule has 1 unspecified atom stereocenters. The number of hydrogen-bond donors (Lipinski definition) is 0. The molecule has 0 saturated heterocycles. The molecule has 0 aromatic heterocycles. The molecule has 1 nitrogen and oxygen atoms in total. The summed E-state index contributed by atoms with van der Waals surface area (Å²) >= 11 is 0. The van der Waals surface area contributed by atoms with Gasteiger partial charge in [-0.05, 0) is 62.3 Å². The smallest absolute Gasteiger partial charge is 0.400 e. The highest BCUT2D eigenvalue weighted by molar-refractivity contribution is 7.27. The van der Waals surface area contributed by atoms with Crippen molar-refractivity contribution in [2.75, 3.05) is 0 Å². The second kappa shape index (κ2) is 8.68. The standard InChI is InChI=1S/C21H29F4OP/c1-2-13-3-5-14(6-4-13)15-7-9-16(10-8-15)21(24,25)26-17-11-18(22)20(23)19(27)12-17/h11-16H,2-10,27H2,1H3. The summed E-state index contributed by atoms with van der Waals surface area (Å²) < 4.78 is 60.8. The predicted octanol–water partition coefficient (Wildman–Crippen LogP) is 6.46. The van der Waals surface area contributed by atoms with Crippen LogP contribution in [-0.4, -0.2) is 6.11 Å². The Balaban J connectivity index is 1.55. The quantitative estimate of drug-likeness (QED) is 0.404. The van der Waals surface area contributed by atoms with Gasteiger partial charge in [-0.3, -0.25) is 0 Å². The Labute approximate surface area is 161 Å². The van der Waals surface area contributed by atoms with Crippen LogP contribution in [0.15, 0.2) is 12.1 Å². The SMILES string of the molecule is CCC1CCC(C2CCC(C(F)(F)Oc3cc(F)c(F)c(P)c3)CC2)CC1. The lowest BCUT2D eigenvalue weighted by molar-refractivity contribution is -0.224. The number of benzene rings is 1. The largest absolute Gasteiger partial charge is 0.432 e. The molecule has 1 atom stereocenters. The third-order valence-electron chi connectivity index (χ3n) is 6.67. The highest BCUT2D eigenvalue weighted by atomic mass is 31.0. The van der Waals surface area contributed by atoms with Crippen LogP contribution < -0.4 is 10.0 Å². The lowest BCUT2D eigenvalue weighted by Gasteiger charge is -2.39. The minimum absolute atomic E-state index is 0.118. The normalized spacial score (nSPS) is 29.6. The Hall–Kier alpha value is -0.830. The molecule has 1 aromatic carbocycles. The van der Waals surface area contributed by atoms with Crippen LogP contribution in [0.25, 0.3) is 0 Å². The van der Waals surface area contributed by atoms with Gasteiger partial charge in [0.1, 0.15) is 5.75 Å². The number of rotatable bonds is 5. The molecule has 2 aliphatic carbocycles. The molecule has 0 radical (unpaired) electrons. The first-order chi connectivity index (χ1) is 12.8. The van der Waals surface area contributed by atoms with Crippen molar-refractivity contribution >= 4 is 14.5 Å². The van der Waals surface area contributed by atoms with Crippen LogP contribution in [0.3, 0.4) is 0 Å². The van der Waals surface area contributed by atoms with Gasteiger partial charge in [0.05, 0.1) is 5.92 Å². The molecule has 0 aliphatic heterocycles. The Kier molecular flexibility index (Phi) is 6.71. The van der Waals surface area contributed by atoms with Crippen molar-refractivity contribution in [1.29, 1.82) is 0 Å². The van der Waals surface area contributed by atoms with E-state index in [4.69, 9.17) is 4.74 Å². The summed E-state index contributed by atoms with van der Waals surface area (Å²) in [6.45, 7) is 2.24. The molecule has 27 heavy (non-hydrogen) atoms. The Morgan fingerprint density at radius 1 is 0.963 bits per heavy atom. The summed E-state index contributed by atoms with van der Waals surface area (Å²) in [4.78, 5) is 0. The van der Waals surface area contributed by atoms with E-state index < -0.39 is 23.7 Å². The van der Waals surface area contributed by atoms with Gasteiger partial charge < -0.3 is 4.74 Å². The third kappa shape index (κ3) is 4.96. The summed E-state index contributed by atoms with van der Waals surface area (Å²) in [5.41, 5.74) is 0. The number of alkyl halides is 2. The molecular weight excluding hydrogens is 375 g/mol. The van der Waals surface area contributed by atoms with Crippen molar-refractivity contribution in [2.24, 2.45) is 23.7 Å². The van der Waals surface area contributed by atoms with Gasteiger partial charge in [-0.1, -0.05) is 26.2 Å². The summed E-state index contributed by atoms with van der Waals surface area (Å²) in [5, 5.41) is -0.118. The van der Waals surface area contributed by atoms with Crippen molar-refractivity contribution in [3.05, 3.63) is 23.8 Å². The van der Waals surface area contributed by atoms with Crippen molar-refractivity contribution < 1.29 is 22.3 Å². The lowest BCUT2D eigenvalue weighted by Crippen LogP contribution is -2.38. The second-order valence-electron chi connectivity index (χ2n) is 8.27. The zero-order chi connectivity index (χ0) is 19.6. The van der Waals surface area contributed by atoms with Gasteiger partial charge in [0.2, 0.25) is 0 Å². The Morgan fingerprint density at radius 2 is 1.52 bits per heavy atom. The topological polar surface area (TPSA) is 9.23 Å². The predicted molar refractivity (Wildman–Crippen MR) is 102 cm³/mol. The highest BCUT2D eigenvalue weighted by Crippen LogP contribution is 2.45. The molecule has 2 saturated carbocycles. The van der Waals surface area contributed by atoms with E-state index in [9.17, 15) is 17.6 Å². The van der Waals surface area contributed by atoms with Gasteiger partial charge in [0, 0.05) is 11.4 Å². The third-order valence-corrected chi connectivity index (χ3v) is 7.09. The van der Waals surface area contributed by atoms with Crippen LogP contribution >= 0.6 is 9.24 Å². The maximum absolute atomic E-state index is 14.6.